The van der Waals surface area contributed by atoms with Crippen LogP contribution >= 0.6 is 0 Å². The molecule has 3 unspecified atom stereocenters. The minimum atomic E-state index is -0.330. The largest absolute Gasteiger partial charge is 0.393 e. The van der Waals surface area contributed by atoms with Crippen LogP contribution in [0.5, 0.6) is 0 Å². The molecule has 4 saturated carbocycles. The van der Waals surface area contributed by atoms with Gasteiger partial charge in [-0.1, -0.05) is 68.2 Å². The van der Waals surface area contributed by atoms with Crippen LogP contribution in [0.2, 0.25) is 0 Å². The molecule has 5 N–H and O–H groups in total. The number of nitrogens with zero attached hydrogens (tertiary/aromatic N) is 2. The summed E-state index contributed by atoms with van der Waals surface area (Å²) in [6.45, 7) is 26.9. The lowest BCUT2D eigenvalue weighted by atomic mass is 9.36. The summed E-state index contributed by atoms with van der Waals surface area (Å²) in [7, 11) is 0. The molecule has 0 spiro atoms. The molecule has 7 nitrogen and oxygen atoms in total. The molecule has 0 heterocycles. The van der Waals surface area contributed by atoms with Crippen molar-refractivity contribution in [3.8, 4) is 0 Å². The zero-order valence-electron chi connectivity index (χ0n) is 33.3. The van der Waals surface area contributed by atoms with E-state index in [1.165, 1.54) is 12.8 Å². The molecule has 0 saturated heterocycles. The maximum atomic E-state index is 14.2. The highest BCUT2D eigenvalue weighted by atomic mass is 16.3. The number of nitrogens with one attached hydrogen (secondary N) is 1. The Bertz CT molecular complexity index is 1030. The first-order valence-corrected chi connectivity index (χ1v) is 21.1. The van der Waals surface area contributed by atoms with E-state index < -0.39 is 0 Å². The standard InChI is InChI=1S/C42H80N4O3/c1-9-45(25-12-23-43)27-14-28-46(10-2)26-13-24-44-39(49)33(16-11-15-30(3)4)32-17-21-41(7)35(32)29-37(48)38-40(6)20-19-36(47)31(5)34(40)18-22-42(38,41)8/h30-38,47-48H,9-29,43H2,1-8H3,(H,44,49)/t31-,32-,33-,34?,35?,36-,37+,38?,40-,41-,42-/m0/s1. The van der Waals surface area contributed by atoms with Crippen LogP contribution in [-0.2, 0) is 4.79 Å². The molecule has 7 heteroatoms. The lowest BCUT2D eigenvalue weighted by molar-refractivity contribution is -0.239. The van der Waals surface area contributed by atoms with Crippen LogP contribution in [-0.4, -0.2) is 90.5 Å². The van der Waals surface area contributed by atoms with Crippen molar-refractivity contribution in [3.05, 3.63) is 0 Å². The number of rotatable bonds is 19. The summed E-state index contributed by atoms with van der Waals surface area (Å²) in [6, 6.07) is 0. The molecule has 4 aliphatic carbocycles. The van der Waals surface area contributed by atoms with Crippen LogP contribution in [0.3, 0.4) is 0 Å². The van der Waals surface area contributed by atoms with Crippen molar-refractivity contribution >= 4 is 5.91 Å². The van der Waals surface area contributed by atoms with Crippen LogP contribution in [0.25, 0.3) is 0 Å². The van der Waals surface area contributed by atoms with E-state index in [9.17, 15) is 15.0 Å². The predicted octanol–water partition coefficient (Wildman–Crippen LogP) is 6.94. The second-order valence-corrected chi connectivity index (χ2v) is 18.5. The topological polar surface area (TPSA) is 102 Å². The molecular formula is C42H80N4O3. The van der Waals surface area contributed by atoms with E-state index in [1.807, 2.05) is 0 Å². The summed E-state index contributed by atoms with van der Waals surface area (Å²) in [5, 5.41) is 26.4. The smallest absolute Gasteiger partial charge is 0.223 e. The van der Waals surface area contributed by atoms with Gasteiger partial charge in [-0.15, -0.1) is 0 Å². The normalized spacial score (nSPS) is 38.0. The number of nitrogens with two attached hydrogens (primary N) is 1. The Labute approximate surface area is 302 Å². The fraction of sp³-hybridized carbons (Fsp3) is 0.976. The fourth-order valence-corrected chi connectivity index (χ4v) is 12.6. The minimum Gasteiger partial charge on any atom is -0.393 e. The number of amides is 1. The number of hydrogen-bond donors (Lipinski definition) is 4. The highest BCUT2D eigenvalue weighted by molar-refractivity contribution is 5.79. The van der Waals surface area contributed by atoms with Crippen LogP contribution in [0.1, 0.15) is 139 Å². The van der Waals surface area contributed by atoms with Gasteiger partial charge in [-0.2, -0.15) is 0 Å². The average Bonchev–Trinajstić information content (AvgIpc) is 3.40. The van der Waals surface area contributed by atoms with E-state index in [-0.39, 0.29) is 46.2 Å². The Morgan fingerprint density at radius 3 is 2.08 bits per heavy atom. The SMILES string of the molecule is CCN(CCCN)CCCN(CC)CCCNC(=O)[C@@H](CCCC(C)C)[C@@H]1CC[C@@]2(C)C1C[C@@H](O)C1[C@@]3(C)CC[C@H](O)[C@@H](C)C3CC[C@@]12C. The fourth-order valence-electron chi connectivity index (χ4n) is 12.6. The molecule has 0 aromatic carbocycles. The maximum absolute atomic E-state index is 14.2. The Morgan fingerprint density at radius 2 is 1.45 bits per heavy atom. The van der Waals surface area contributed by atoms with Crippen molar-refractivity contribution in [2.75, 3.05) is 52.4 Å². The number of hydrogen-bond acceptors (Lipinski definition) is 6. The van der Waals surface area contributed by atoms with Gasteiger partial charge < -0.3 is 31.1 Å². The lowest BCUT2D eigenvalue weighted by Gasteiger charge is -2.69. The molecule has 4 fully saturated rings. The van der Waals surface area contributed by atoms with Gasteiger partial charge in [0.15, 0.2) is 0 Å². The third-order valence-electron chi connectivity index (χ3n) is 15.6. The monoisotopic (exact) mass is 689 g/mol. The zero-order chi connectivity index (χ0) is 36.0. The lowest BCUT2D eigenvalue weighted by Crippen LogP contribution is -2.66. The molecule has 0 bridgehead atoms. The van der Waals surface area contributed by atoms with Gasteiger partial charge in [-0.3, -0.25) is 4.79 Å². The Balaban J connectivity index is 1.40. The summed E-state index contributed by atoms with van der Waals surface area (Å²) < 4.78 is 0. The summed E-state index contributed by atoms with van der Waals surface area (Å²) in [5.41, 5.74) is 5.98. The van der Waals surface area contributed by atoms with E-state index in [0.29, 0.717) is 29.6 Å². The van der Waals surface area contributed by atoms with Gasteiger partial charge in [0.25, 0.3) is 0 Å². The highest BCUT2D eigenvalue weighted by Gasteiger charge is 2.70. The maximum Gasteiger partial charge on any atom is 0.223 e. The number of fused-ring (bicyclic) bond motifs is 5. The summed E-state index contributed by atoms with van der Waals surface area (Å²) >= 11 is 0. The molecule has 0 aromatic rings. The minimum absolute atomic E-state index is 0.0329. The second kappa shape index (κ2) is 17.9. The van der Waals surface area contributed by atoms with E-state index in [0.717, 1.165) is 123 Å². The predicted molar refractivity (Wildman–Crippen MR) is 204 cm³/mol. The quantitative estimate of drug-likeness (QED) is 0.110. The first-order chi connectivity index (χ1) is 23.3. The van der Waals surface area contributed by atoms with Gasteiger partial charge in [0.1, 0.15) is 0 Å². The summed E-state index contributed by atoms with van der Waals surface area (Å²) in [4.78, 5) is 19.2. The van der Waals surface area contributed by atoms with Crippen molar-refractivity contribution in [2.45, 2.75) is 151 Å². The van der Waals surface area contributed by atoms with Crippen molar-refractivity contribution < 1.29 is 15.0 Å². The molecular weight excluding hydrogens is 608 g/mol. The number of aliphatic hydroxyl groups excluding tert-OH is 2. The summed E-state index contributed by atoms with van der Waals surface area (Å²) in [6.07, 6.45) is 13.2. The van der Waals surface area contributed by atoms with Crippen molar-refractivity contribution in [1.29, 1.82) is 0 Å². The molecule has 0 aromatic heterocycles. The first kappa shape index (κ1) is 41.0. The average molecular weight is 689 g/mol. The second-order valence-electron chi connectivity index (χ2n) is 18.5. The Kier molecular flexibility index (Phi) is 15.0. The van der Waals surface area contributed by atoms with Crippen LogP contribution in [0.4, 0.5) is 0 Å². The molecule has 49 heavy (non-hydrogen) atoms. The highest BCUT2D eigenvalue weighted by Crippen LogP contribution is 2.74. The van der Waals surface area contributed by atoms with Gasteiger partial charge in [0.05, 0.1) is 12.2 Å². The first-order valence-electron chi connectivity index (χ1n) is 21.1. The molecule has 11 atom stereocenters. The van der Waals surface area contributed by atoms with E-state index in [2.05, 4.69) is 70.5 Å². The molecule has 4 rings (SSSR count). The Hall–Kier alpha value is -0.730. The van der Waals surface area contributed by atoms with E-state index >= 15 is 0 Å². The van der Waals surface area contributed by atoms with Crippen LogP contribution in [0, 0.1) is 57.7 Å². The van der Waals surface area contributed by atoms with Crippen LogP contribution in [0.15, 0.2) is 0 Å². The van der Waals surface area contributed by atoms with E-state index in [1.54, 1.807) is 0 Å². The number of aliphatic hydroxyl groups is 2. The molecule has 1 amide bonds. The Morgan fingerprint density at radius 1 is 0.816 bits per heavy atom. The third-order valence-corrected chi connectivity index (χ3v) is 15.6. The van der Waals surface area contributed by atoms with E-state index in [4.69, 9.17) is 5.73 Å². The molecule has 0 aliphatic heterocycles. The van der Waals surface area contributed by atoms with Gasteiger partial charge in [-0.05, 0) is 168 Å². The van der Waals surface area contributed by atoms with Crippen molar-refractivity contribution in [3.63, 3.8) is 0 Å². The number of carbonyl (C=O) groups excluding carboxylic acids is 1. The molecule has 286 valence electrons. The zero-order valence-corrected chi connectivity index (χ0v) is 33.3. The van der Waals surface area contributed by atoms with Crippen LogP contribution < -0.4 is 11.1 Å². The van der Waals surface area contributed by atoms with Crippen molar-refractivity contribution in [2.24, 2.45) is 63.4 Å². The van der Waals surface area contributed by atoms with Gasteiger partial charge >= 0.3 is 0 Å². The summed E-state index contributed by atoms with van der Waals surface area (Å²) in [5.74, 6) is 2.72. The van der Waals surface area contributed by atoms with Gasteiger partial charge in [0, 0.05) is 12.5 Å². The molecule has 4 aliphatic rings. The molecule has 0 radical (unpaired) electrons. The van der Waals surface area contributed by atoms with Crippen molar-refractivity contribution in [1.82, 2.24) is 15.1 Å². The third kappa shape index (κ3) is 8.74. The van der Waals surface area contributed by atoms with Gasteiger partial charge in [-0.25, -0.2) is 0 Å². The van der Waals surface area contributed by atoms with Gasteiger partial charge in [0.2, 0.25) is 5.91 Å². The number of carbonyl (C=O) groups is 1.